The predicted molar refractivity (Wildman–Crippen MR) is 71.7 cm³/mol. The van der Waals surface area contributed by atoms with Gasteiger partial charge in [-0.15, -0.1) is 0 Å². The van der Waals surface area contributed by atoms with E-state index in [4.69, 9.17) is 0 Å². The Kier molecular flexibility index (Phi) is 4.38. The van der Waals surface area contributed by atoms with E-state index in [1.165, 1.54) is 15.6 Å². The molecule has 0 aromatic heterocycles. The highest BCUT2D eigenvalue weighted by molar-refractivity contribution is 9.10. The Morgan fingerprint density at radius 2 is 2.00 bits per heavy atom. The molecule has 0 aliphatic carbocycles. The van der Waals surface area contributed by atoms with E-state index in [1.807, 2.05) is 0 Å². The van der Waals surface area contributed by atoms with Crippen molar-refractivity contribution in [3.63, 3.8) is 0 Å². The summed E-state index contributed by atoms with van der Waals surface area (Å²) in [4.78, 5) is 2.53. The van der Waals surface area contributed by atoms with Crippen LogP contribution in [0.15, 0.2) is 22.7 Å². The molecule has 16 heavy (non-hydrogen) atoms. The fourth-order valence-corrected chi connectivity index (χ4v) is 2.61. The van der Waals surface area contributed by atoms with Crippen LogP contribution in [0.3, 0.4) is 0 Å². The Bertz CT molecular complexity index is 346. The predicted octanol–water partition coefficient (Wildman–Crippen LogP) is 2.42. The molecule has 2 nitrogen and oxygen atoms in total. The highest BCUT2D eigenvalue weighted by atomic mass is 79.9. The summed E-state index contributed by atoms with van der Waals surface area (Å²) in [7, 11) is 0. The first-order chi connectivity index (χ1) is 7.79. The van der Waals surface area contributed by atoms with Gasteiger partial charge in [-0.25, -0.2) is 0 Å². The van der Waals surface area contributed by atoms with Crippen LogP contribution >= 0.6 is 15.9 Å². The van der Waals surface area contributed by atoms with Gasteiger partial charge < -0.3 is 5.32 Å². The molecule has 2 rings (SSSR count). The Labute approximate surface area is 106 Å². The van der Waals surface area contributed by atoms with Crippen molar-refractivity contribution < 1.29 is 0 Å². The standard InChI is InChI=1S/C13H19BrN2/c1-2-11-3-4-13(14)9-12(11)10-16-7-5-15-6-8-16/h3-4,9,15H,2,5-8,10H2,1H3. The zero-order valence-electron chi connectivity index (χ0n) is 9.80. The number of hydrogen-bond donors (Lipinski definition) is 1. The van der Waals surface area contributed by atoms with Gasteiger partial charge in [-0.2, -0.15) is 0 Å². The molecule has 0 radical (unpaired) electrons. The number of halogens is 1. The first-order valence-electron chi connectivity index (χ1n) is 6.00. The highest BCUT2D eigenvalue weighted by Gasteiger charge is 2.11. The molecule has 1 aromatic rings. The van der Waals surface area contributed by atoms with Crippen LogP contribution in [-0.4, -0.2) is 31.1 Å². The van der Waals surface area contributed by atoms with E-state index in [0.717, 1.165) is 39.1 Å². The second-order valence-electron chi connectivity index (χ2n) is 4.29. The minimum absolute atomic E-state index is 1.09. The van der Waals surface area contributed by atoms with Gasteiger partial charge in [0.25, 0.3) is 0 Å². The molecule has 0 saturated carbocycles. The molecule has 1 aromatic carbocycles. The fraction of sp³-hybridized carbons (Fsp3) is 0.538. The summed E-state index contributed by atoms with van der Waals surface area (Å²) in [6, 6.07) is 6.64. The molecule has 0 atom stereocenters. The number of nitrogens with zero attached hydrogens (tertiary/aromatic N) is 1. The van der Waals surface area contributed by atoms with Crippen molar-refractivity contribution in [1.29, 1.82) is 0 Å². The van der Waals surface area contributed by atoms with Gasteiger partial charge in [0, 0.05) is 37.2 Å². The van der Waals surface area contributed by atoms with Crippen molar-refractivity contribution in [2.45, 2.75) is 19.9 Å². The maximum absolute atomic E-state index is 3.56. The molecule has 1 aliphatic rings. The van der Waals surface area contributed by atoms with E-state index in [-0.39, 0.29) is 0 Å². The van der Waals surface area contributed by atoms with Crippen LogP contribution in [0.4, 0.5) is 0 Å². The van der Waals surface area contributed by atoms with E-state index in [1.54, 1.807) is 0 Å². The quantitative estimate of drug-likeness (QED) is 0.916. The lowest BCUT2D eigenvalue weighted by Gasteiger charge is -2.28. The molecule has 1 aliphatic heterocycles. The van der Waals surface area contributed by atoms with Crippen LogP contribution in [0.1, 0.15) is 18.1 Å². The molecule has 0 unspecified atom stereocenters. The summed E-state index contributed by atoms with van der Waals surface area (Å²) >= 11 is 3.56. The van der Waals surface area contributed by atoms with E-state index >= 15 is 0 Å². The third-order valence-corrected chi connectivity index (χ3v) is 3.65. The summed E-state index contributed by atoms with van der Waals surface area (Å²) in [5.41, 5.74) is 2.94. The summed E-state index contributed by atoms with van der Waals surface area (Å²) in [5.74, 6) is 0. The number of piperazine rings is 1. The summed E-state index contributed by atoms with van der Waals surface area (Å²) in [6.07, 6.45) is 1.12. The third-order valence-electron chi connectivity index (χ3n) is 3.15. The van der Waals surface area contributed by atoms with Crippen LogP contribution < -0.4 is 5.32 Å². The van der Waals surface area contributed by atoms with E-state index in [9.17, 15) is 0 Å². The van der Waals surface area contributed by atoms with Crippen molar-refractivity contribution in [3.8, 4) is 0 Å². The first kappa shape index (κ1) is 12.1. The van der Waals surface area contributed by atoms with Gasteiger partial charge in [0.1, 0.15) is 0 Å². The lowest BCUT2D eigenvalue weighted by Crippen LogP contribution is -2.43. The Morgan fingerprint density at radius 3 is 2.69 bits per heavy atom. The minimum Gasteiger partial charge on any atom is -0.314 e. The van der Waals surface area contributed by atoms with Crippen molar-refractivity contribution in [3.05, 3.63) is 33.8 Å². The van der Waals surface area contributed by atoms with Crippen LogP contribution in [-0.2, 0) is 13.0 Å². The molecule has 1 N–H and O–H groups in total. The number of benzene rings is 1. The number of rotatable bonds is 3. The van der Waals surface area contributed by atoms with Crippen molar-refractivity contribution in [2.24, 2.45) is 0 Å². The van der Waals surface area contributed by atoms with Gasteiger partial charge in [0.2, 0.25) is 0 Å². The number of aryl methyl sites for hydroxylation is 1. The largest absolute Gasteiger partial charge is 0.314 e. The van der Waals surface area contributed by atoms with E-state index in [0.29, 0.717) is 0 Å². The second kappa shape index (κ2) is 5.80. The van der Waals surface area contributed by atoms with Gasteiger partial charge in [0.15, 0.2) is 0 Å². The van der Waals surface area contributed by atoms with Crippen LogP contribution in [0.25, 0.3) is 0 Å². The maximum Gasteiger partial charge on any atom is 0.0237 e. The lowest BCUT2D eigenvalue weighted by atomic mass is 10.0. The van der Waals surface area contributed by atoms with Gasteiger partial charge >= 0.3 is 0 Å². The molecule has 88 valence electrons. The normalized spacial score (nSPS) is 17.6. The highest BCUT2D eigenvalue weighted by Crippen LogP contribution is 2.19. The topological polar surface area (TPSA) is 15.3 Å². The van der Waals surface area contributed by atoms with Gasteiger partial charge in [-0.3, -0.25) is 4.90 Å². The Hall–Kier alpha value is -0.380. The van der Waals surface area contributed by atoms with Crippen LogP contribution in [0.5, 0.6) is 0 Å². The lowest BCUT2D eigenvalue weighted by molar-refractivity contribution is 0.232. The van der Waals surface area contributed by atoms with Gasteiger partial charge in [-0.1, -0.05) is 28.9 Å². The van der Waals surface area contributed by atoms with Crippen molar-refractivity contribution in [2.75, 3.05) is 26.2 Å². The molecular weight excluding hydrogens is 264 g/mol. The molecule has 1 saturated heterocycles. The Morgan fingerprint density at radius 1 is 1.25 bits per heavy atom. The average Bonchev–Trinajstić information content (AvgIpc) is 2.31. The average molecular weight is 283 g/mol. The first-order valence-corrected chi connectivity index (χ1v) is 6.79. The Balaban J connectivity index is 2.09. The third kappa shape index (κ3) is 3.06. The number of nitrogens with one attached hydrogen (secondary N) is 1. The molecule has 1 fully saturated rings. The van der Waals surface area contributed by atoms with Crippen molar-refractivity contribution >= 4 is 15.9 Å². The van der Waals surface area contributed by atoms with E-state index < -0.39 is 0 Å². The molecule has 3 heteroatoms. The zero-order chi connectivity index (χ0) is 11.4. The molecule has 1 heterocycles. The van der Waals surface area contributed by atoms with E-state index in [2.05, 4.69) is 51.3 Å². The van der Waals surface area contributed by atoms with Gasteiger partial charge in [-0.05, 0) is 29.7 Å². The molecule has 0 amide bonds. The van der Waals surface area contributed by atoms with Crippen LogP contribution in [0, 0.1) is 0 Å². The zero-order valence-corrected chi connectivity index (χ0v) is 11.4. The fourth-order valence-electron chi connectivity index (χ4n) is 2.20. The summed E-state index contributed by atoms with van der Waals surface area (Å²) < 4.78 is 1.19. The SMILES string of the molecule is CCc1ccc(Br)cc1CN1CCNCC1. The summed E-state index contributed by atoms with van der Waals surface area (Å²) in [6.45, 7) is 7.88. The van der Waals surface area contributed by atoms with Gasteiger partial charge in [0.05, 0.1) is 0 Å². The molecule has 0 bridgehead atoms. The molecular formula is C13H19BrN2. The smallest absolute Gasteiger partial charge is 0.0237 e. The molecule has 0 spiro atoms. The number of hydrogen-bond acceptors (Lipinski definition) is 2. The second-order valence-corrected chi connectivity index (χ2v) is 5.21. The summed E-state index contributed by atoms with van der Waals surface area (Å²) in [5, 5.41) is 3.39. The monoisotopic (exact) mass is 282 g/mol. The van der Waals surface area contributed by atoms with Crippen molar-refractivity contribution in [1.82, 2.24) is 10.2 Å². The minimum atomic E-state index is 1.09. The van der Waals surface area contributed by atoms with Crippen LogP contribution in [0.2, 0.25) is 0 Å². The maximum atomic E-state index is 3.56.